The number of nitrogens with zero attached hydrogens (tertiary/aromatic N) is 3. The van der Waals surface area contributed by atoms with Crippen molar-refractivity contribution in [3.8, 4) is 0 Å². The van der Waals surface area contributed by atoms with Crippen LogP contribution in [0.25, 0.3) is 0 Å². The van der Waals surface area contributed by atoms with Crippen LogP contribution < -0.4 is 15.5 Å². The van der Waals surface area contributed by atoms with Crippen LogP contribution in [0.2, 0.25) is 0 Å². The second kappa shape index (κ2) is 10.4. The van der Waals surface area contributed by atoms with E-state index in [2.05, 4.69) is 34.1 Å². The Morgan fingerprint density at radius 3 is 2.96 bits per heavy atom. The minimum Gasteiger partial charge on any atom is -0.357 e. The van der Waals surface area contributed by atoms with E-state index in [0.29, 0.717) is 6.04 Å². The molecule has 0 radical (unpaired) electrons. The quantitative estimate of drug-likeness (QED) is 0.546. The molecule has 1 aliphatic carbocycles. The Morgan fingerprint density at radius 1 is 1.35 bits per heavy atom. The fraction of sp³-hybridized carbons (Fsp3) is 0.789. The Hall–Kier alpha value is -0.950. The fourth-order valence-electron chi connectivity index (χ4n) is 3.75. The van der Waals surface area contributed by atoms with E-state index in [4.69, 9.17) is 9.98 Å². The minimum atomic E-state index is 0.556. The summed E-state index contributed by atoms with van der Waals surface area (Å²) in [7, 11) is 0. The SMILES string of the molecule is CCNC(=NCCc1csc(N2CCCC2)n1)NC1CCCC(SC)C1. The topological polar surface area (TPSA) is 52.6 Å². The predicted molar refractivity (Wildman–Crippen MR) is 116 cm³/mol. The van der Waals surface area contributed by atoms with Crippen molar-refractivity contribution in [2.24, 2.45) is 4.99 Å². The van der Waals surface area contributed by atoms with Crippen molar-refractivity contribution in [2.45, 2.75) is 63.2 Å². The molecular formula is C19H33N5S2. The van der Waals surface area contributed by atoms with Crippen molar-refractivity contribution >= 4 is 34.2 Å². The van der Waals surface area contributed by atoms with Crippen LogP contribution in [0.4, 0.5) is 5.13 Å². The number of hydrogen-bond acceptors (Lipinski definition) is 5. The molecule has 0 aromatic carbocycles. The zero-order valence-electron chi connectivity index (χ0n) is 16.2. The van der Waals surface area contributed by atoms with E-state index in [9.17, 15) is 0 Å². The highest BCUT2D eigenvalue weighted by atomic mass is 32.2. The molecule has 7 heteroatoms. The summed E-state index contributed by atoms with van der Waals surface area (Å²) in [4.78, 5) is 12.0. The molecule has 2 atom stereocenters. The van der Waals surface area contributed by atoms with Crippen LogP contribution in [-0.2, 0) is 6.42 Å². The third kappa shape index (κ3) is 5.78. The Kier molecular flexibility index (Phi) is 7.92. The van der Waals surface area contributed by atoms with Crippen molar-refractivity contribution in [3.05, 3.63) is 11.1 Å². The van der Waals surface area contributed by atoms with Gasteiger partial charge >= 0.3 is 0 Å². The largest absolute Gasteiger partial charge is 0.357 e. The van der Waals surface area contributed by atoms with Gasteiger partial charge in [0.05, 0.1) is 5.69 Å². The van der Waals surface area contributed by atoms with Crippen molar-refractivity contribution < 1.29 is 0 Å². The van der Waals surface area contributed by atoms with Gasteiger partial charge in [-0.15, -0.1) is 11.3 Å². The third-order valence-corrected chi connectivity index (χ3v) is 7.24. The first-order valence-electron chi connectivity index (χ1n) is 10.1. The standard InChI is InChI=1S/C19H33N5S2/c1-3-20-18(22-15-7-6-8-17(13-15)25-2)21-10-9-16-14-26-19(23-16)24-11-4-5-12-24/h14-15,17H,3-13H2,1-2H3,(H2,20,21,22). The third-order valence-electron chi connectivity index (χ3n) is 5.20. The molecule has 1 aliphatic heterocycles. The van der Waals surface area contributed by atoms with Crippen LogP contribution in [-0.4, -0.2) is 54.7 Å². The van der Waals surface area contributed by atoms with E-state index >= 15 is 0 Å². The zero-order chi connectivity index (χ0) is 18.2. The fourth-order valence-corrected chi connectivity index (χ4v) is 5.49. The maximum Gasteiger partial charge on any atom is 0.191 e. The lowest BCUT2D eigenvalue weighted by Crippen LogP contribution is -2.45. The van der Waals surface area contributed by atoms with Crippen LogP contribution in [0.5, 0.6) is 0 Å². The molecule has 1 aromatic heterocycles. The van der Waals surface area contributed by atoms with Gasteiger partial charge < -0.3 is 15.5 Å². The summed E-state index contributed by atoms with van der Waals surface area (Å²) in [6.45, 7) is 6.15. The Labute approximate surface area is 166 Å². The van der Waals surface area contributed by atoms with Crippen LogP contribution in [0, 0.1) is 0 Å². The van der Waals surface area contributed by atoms with Gasteiger partial charge in [0, 0.05) is 49.3 Å². The van der Waals surface area contributed by atoms with Crippen LogP contribution in [0.1, 0.15) is 51.1 Å². The molecule has 2 unspecified atom stereocenters. The molecule has 3 rings (SSSR count). The highest BCUT2D eigenvalue weighted by molar-refractivity contribution is 7.99. The van der Waals surface area contributed by atoms with E-state index in [-0.39, 0.29) is 0 Å². The van der Waals surface area contributed by atoms with Gasteiger partial charge in [0.1, 0.15) is 0 Å². The minimum absolute atomic E-state index is 0.556. The highest BCUT2D eigenvalue weighted by Crippen LogP contribution is 2.27. The second-order valence-electron chi connectivity index (χ2n) is 7.19. The molecule has 2 aliphatic rings. The normalized spacial score (nSPS) is 24.1. The van der Waals surface area contributed by atoms with Gasteiger partial charge in [0.25, 0.3) is 0 Å². The highest BCUT2D eigenvalue weighted by Gasteiger charge is 2.22. The van der Waals surface area contributed by atoms with Gasteiger partial charge in [-0.3, -0.25) is 4.99 Å². The molecule has 2 heterocycles. The van der Waals surface area contributed by atoms with E-state index in [1.54, 1.807) is 11.3 Å². The maximum atomic E-state index is 4.80. The molecule has 26 heavy (non-hydrogen) atoms. The van der Waals surface area contributed by atoms with Crippen LogP contribution in [0.15, 0.2) is 10.4 Å². The van der Waals surface area contributed by atoms with Gasteiger partial charge in [-0.1, -0.05) is 6.42 Å². The van der Waals surface area contributed by atoms with Crippen LogP contribution >= 0.6 is 23.1 Å². The van der Waals surface area contributed by atoms with E-state index in [1.165, 1.54) is 49.4 Å². The maximum absolute atomic E-state index is 4.80. The molecule has 146 valence electrons. The van der Waals surface area contributed by atoms with Gasteiger partial charge in [0.2, 0.25) is 0 Å². The lowest BCUT2D eigenvalue weighted by molar-refractivity contribution is 0.419. The number of aliphatic imine (C=N–C) groups is 1. The van der Waals surface area contributed by atoms with Crippen molar-refractivity contribution in [1.82, 2.24) is 15.6 Å². The molecule has 1 saturated heterocycles. The number of thioether (sulfide) groups is 1. The Morgan fingerprint density at radius 2 is 2.19 bits per heavy atom. The lowest BCUT2D eigenvalue weighted by Gasteiger charge is -2.29. The number of thiazole rings is 1. The molecule has 5 nitrogen and oxygen atoms in total. The van der Waals surface area contributed by atoms with Gasteiger partial charge in [-0.2, -0.15) is 11.8 Å². The van der Waals surface area contributed by atoms with E-state index in [1.807, 2.05) is 11.8 Å². The Balaban J connectivity index is 1.49. The molecule has 1 aromatic rings. The zero-order valence-corrected chi connectivity index (χ0v) is 17.8. The van der Waals surface area contributed by atoms with Crippen molar-refractivity contribution in [2.75, 3.05) is 37.3 Å². The van der Waals surface area contributed by atoms with Crippen LogP contribution in [0.3, 0.4) is 0 Å². The van der Waals surface area contributed by atoms with E-state index < -0.39 is 0 Å². The number of nitrogens with one attached hydrogen (secondary N) is 2. The first-order chi connectivity index (χ1) is 12.8. The molecule has 0 amide bonds. The summed E-state index contributed by atoms with van der Waals surface area (Å²) in [5.41, 5.74) is 1.18. The number of rotatable bonds is 7. The van der Waals surface area contributed by atoms with Crippen molar-refractivity contribution in [3.63, 3.8) is 0 Å². The summed E-state index contributed by atoms with van der Waals surface area (Å²) in [6, 6.07) is 0.556. The average Bonchev–Trinajstić information content (AvgIpc) is 3.33. The average molecular weight is 396 g/mol. The smallest absolute Gasteiger partial charge is 0.191 e. The summed E-state index contributed by atoms with van der Waals surface area (Å²) in [6.07, 6.45) is 10.9. The number of aromatic nitrogens is 1. The lowest BCUT2D eigenvalue weighted by atomic mass is 9.95. The first kappa shape index (κ1) is 19.8. The predicted octanol–water partition coefficient (Wildman–Crippen LogP) is 3.52. The number of anilines is 1. The van der Waals surface area contributed by atoms with Gasteiger partial charge in [-0.05, 0) is 45.3 Å². The number of hydrogen-bond donors (Lipinski definition) is 2. The summed E-state index contributed by atoms with van der Waals surface area (Å²) >= 11 is 3.79. The molecule has 2 fully saturated rings. The number of guanidine groups is 1. The first-order valence-corrected chi connectivity index (χ1v) is 12.2. The molecule has 2 N–H and O–H groups in total. The summed E-state index contributed by atoms with van der Waals surface area (Å²) in [5.74, 6) is 0.967. The molecule has 0 bridgehead atoms. The molecular weight excluding hydrogens is 362 g/mol. The van der Waals surface area contributed by atoms with Gasteiger partial charge in [-0.25, -0.2) is 4.98 Å². The van der Waals surface area contributed by atoms with Crippen molar-refractivity contribution in [1.29, 1.82) is 0 Å². The van der Waals surface area contributed by atoms with E-state index in [0.717, 1.165) is 43.8 Å². The Bertz CT molecular complexity index is 568. The monoisotopic (exact) mass is 395 g/mol. The van der Waals surface area contributed by atoms with Gasteiger partial charge in [0.15, 0.2) is 11.1 Å². The summed E-state index contributed by atoms with van der Waals surface area (Å²) < 4.78 is 0. The molecule has 1 saturated carbocycles. The summed E-state index contributed by atoms with van der Waals surface area (Å²) in [5, 5.41) is 11.3. The molecule has 0 spiro atoms. The second-order valence-corrected chi connectivity index (χ2v) is 9.17.